The molecule has 0 aromatic heterocycles. The van der Waals surface area contributed by atoms with Crippen LogP contribution in [0, 0.1) is 0 Å². The maximum Gasteiger partial charge on any atom is 0.0453 e. The Labute approximate surface area is 104 Å². The molecule has 1 aliphatic heterocycles. The highest BCUT2D eigenvalue weighted by Crippen LogP contribution is 2.34. The highest BCUT2D eigenvalue weighted by Gasteiger charge is 2.14. The summed E-state index contributed by atoms with van der Waals surface area (Å²) in [7, 11) is 0. The van der Waals surface area contributed by atoms with E-state index in [1.807, 2.05) is 0 Å². The van der Waals surface area contributed by atoms with E-state index in [0.717, 1.165) is 17.4 Å². The molecule has 1 heterocycles. The van der Waals surface area contributed by atoms with Gasteiger partial charge in [-0.05, 0) is 29.7 Å². The third-order valence-corrected chi connectivity index (χ3v) is 3.48. The number of benzene rings is 2. The van der Waals surface area contributed by atoms with E-state index in [9.17, 15) is 0 Å². The molecule has 0 spiro atoms. The fourth-order valence-corrected chi connectivity index (χ4v) is 2.64. The van der Waals surface area contributed by atoms with Crippen molar-refractivity contribution in [3.05, 3.63) is 52.5 Å². The number of nitrogens with one attached hydrogen (secondary N) is 1. The van der Waals surface area contributed by atoms with Crippen molar-refractivity contribution in [3.8, 4) is 11.1 Å². The van der Waals surface area contributed by atoms with Crippen LogP contribution in [-0.4, -0.2) is 6.54 Å². The molecule has 0 saturated carbocycles. The number of rotatable bonds is 1. The van der Waals surface area contributed by atoms with Gasteiger partial charge in [0, 0.05) is 22.3 Å². The topological polar surface area (TPSA) is 12.0 Å². The van der Waals surface area contributed by atoms with Crippen LogP contribution in [0.3, 0.4) is 0 Å². The Hall–Kier alpha value is -1.28. The molecule has 0 aliphatic carbocycles. The monoisotopic (exact) mass is 273 g/mol. The maximum atomic E-state index is 3.52. The summed E-state index contributed by atoms with van der Waals surface area (Å²) in [5.41, 5.74) is 5.30. The van der Waals surface area contributed by atoms with Crippen LogP contribution in [0.5, 0.6) is 0 Å². The van der Waals surface area contributed by atoms with Crippen LogP contribution in [0.4, 0.5) is 5.69 Å². The third-order valence-electron chi connectivity index (χ3n) is 2.98. The lowest BCUT2D eigenvalue weighted by Gasteiger charge is -2.09. The fraction of sp³-hybridized carbons (Fsp3) is 0.143. The summed E-state index contributed by atoms with van der Waals surface area (Å²) < 4.78 is 1.13. The van der Waals surface area contributed by atoms with Crippen molar-refractivity contribution in [1.29, 1.82) is 0 Å². The van der Waals surface area contributed by atoms with Crippen molar-refractivity contribution in [3.63, 3.8) is 0 Å². The van der Waals surface area contributed by atoms with Gasteiger partial charge in [-0.25, -0.2) is 0 Å². The number of hydrogen-bond donors (Lipinski definition) is 1. The molecule has 3 rings (SSSR count). The molecule has 16 heavy (non-hydrogen) atoms. The standard InChI is InChI=1S/C14H12BrN/c15-12-5-1-4-11(9-12)13-6-2-3-10-7-8-16-14(10)13/h1-6,9,16H,7-8H2. The first kappa shape index (κ1) is 9.91. The third kappa shape index (κ3) is 1.63. The Kier molecular flexibility index (Phi) is 2.44. The van der Waals surface area contributed by atoms with Gasteiger partial charge in [0.2, 0.25) is 0 Å². The van der Waals surface area contributed by atoms with Gasteiger partial charge >= 0.3 is 0 Å². The van der Waals surface area contributed by atoms with Crippen molar-refractivity contribution in [2.45, 2.75) is 6.42 Å². The van der Waals surface area contributed by atoms with Gasteiger partial charge in [0.1, 0.15) is 0 Å². The Balaban J connectivity index is 2.17. The lowest BCUT2D eigenvalue weighted by molar-refractivity contribution is 1.11. The second kappa shape index (κ2) is 3.95. The Morgan fingerprint density at radius 3 is 2.81 bits per heavy atom. The minimum atomic E-state index is 1.06. The van der Waals surface area contributed by atoms with Gasteiger partial charge in [-0.2, -0.15) is 0 Å². The number of halogens is 1. The van der Waals surface area contributed by atoms with Crippen LogP contribution < -0.4 is 5.32 Å². The fourth-order valence-electron chi connectivity index (χ4n) is 2.24. The molecule has 1 aliphatic rings. The van der Waals surface area contributed by atoms with Crippen molar-refractivity contribution >= 4 is 21.6 Å². The number of hydrogen-bond acceptors (Lipinski definition) is 1. The Bertz CT molecular complexity index is 534. The van der Waals surface area contributed by atoms with E-state index in [1.54, 1.807) is 0 Å². The quantitative estimate of drug-likeness (QED) is 0.826. The van der Waals surface area contributed by atoms with Crippen molar-refractivity contribution in [2.24, 2.45) is 0 Å². The molecule has 2 aromatic rings. The van der Waals surface area contributed by atoms with E-state index < -0.39 is 0 Å². The Morgan fingerprint density at radius 1 is 1.06 bits per heavy atom. The summed E-state index contributed by atoms with van der Waals surface area (Å²) in [5.74, 6) is 0. The molecule has 0 amide bonds. The van der Waals surface area contributed by atoms with Crippen molar-refractivity contribution in [1.82, 2.24) is 0 Å². The Morgan fingerprint density at radius 2 is 1.94 bits per heavy atom. The van der Waals surface area contributed by atoms with Crippen LogP contribution in [0.1, 0.15) is 5.56 Å². The molecule has 0 radical (unpaired) electrons. The molecule has 0 unspecified atom stereocenters. The second-order valence-corrected chi connectivity index (χ2v) is 4.94. The number of para-hydroxylation sites is 1. The van der Waals surface area contributed by atoms with Crippen LogP contribution in [0.15, 0.2) is 46.9 Å². The SMILES string of the molecule is Brc1cccc(-c2cccc3c2NCC3)c1. The average Bonchev–Trinajstić information content (AvgIpc) is 2.76. The highest BCUT2D eigenvalue weighted by molar-refractivity contribution is 9.10. The van der Waals surface area contributed by atoms with E-state index in [-0.39, 0.29) is 0 Å². The first-order valence-electron chi connectivity index (χ1n) is 5.46. The molecule has 0 saturated heterocycles. The molecule has 2 aromatic carbocycles. The van der Waals surface area contributed by atoms with E-state index in [2.05, 4.69) is 63.7 Å². The predicted molar refractivity (Wildman–Crippen MR) is 71.8 cm³/mol. The summed E-state index contributed by atoms with van der Waals surface area (Å²) in [6, 6.07) is 15.0. The number of anilines is 1. The van der Waals surface area contributed by atoms with Gasteiger partial charge in [-0.3, -0.25) is 0 Å². The van der Waals surface area contributed by atoms with Crippen LogP contribution in [-0.2, 0) is 6.42 Å². The van der Waals surface area contributed by atoms with E-state index in [0.29, 0.717) is 0 Å². The molecule has 1 N–H and O–H groups in total. The first-order valence-corrected chi connectivity index (χ1v) is 6.25. The molecular weight excluding hydrogens is 262 g/mol. The summed E-state index contributed by atoms with van der Waals surface area (Å²) >= 11 is 3.52. The first-order chi connectivity index (χ1) is 7.84. The zero-order valence-electron chi connectivity index (χ0n) is 8.83. The highest BCUT2D eigenvalue weighted by atomic mass is 79.9. The van der Waals surface area contributed by atoms with Gasteiger partial charge in [0.15, 0.2) is 0 Å². The van der Waals surface area contributed by atoms with Gasteiger partial charge < -0.3 is 5.32 Å². The predicted octanol–water partition coefficient (Wildman–Crippen LogP) is 4.08. The van der Waals surface area contributed by atoms with Gasteiger partial charge in [0.25, 0.3) is 0 Å². The van der Waals surface area contributed by atoms with Crippen LogP contribution >= 0.6 is 15.9 Å². The minimum Gasteiger partial charge on any atom is -0.384 e. The maximum absolute atomic E-state index is 3.52. The summed E-state index contributed by atoms with van der Waals surface area (Å²) in [4.78, 5) is 0. The zero-order chi connectivity index (χ0) is 11.0. The second-order valence-electron chi connectivity index (χ2n) is 4.03. The zero-order valence-corrected chi connectivity index (χ0v) is 10.4. The normalized spacial score (nSPS) is 13.3. The minimum absolute atomic E-state index is 1.06. The van der Waals surface area contributed by atoms with E-state index in [1.165, 1.54) is 22.4 Å². The molecule has 0 bridgehead atoms. The molecule has 0 fully saturated rings. The number of fused-ring (bicyclic) bond motifs is 1. The lowest BCUT2D eigenvalue weighted by Crippen LogP contribution is -1.93. The lowest BCUT2D eigenvalue weighted by atomic mass is 10.0. The molecule has 80 valence electrons. The van der Waals surface area contributed by atoms with E-state index in [4.69, 9.17) is 0 Å². The largest absolute Gasteiger partial charge is 0.384 e. The molecule has 2 heteroatoms. The van der Waals surface area contributed by atoms with Crippen LogP contribution in [0.25, 0.3) is 11.1 Å². The van der Waals surface area contributed by atoms with Gasteiger partial charge in [-0.1, -0.05) is 46.3 Å². The van der Waals surface area contributed by atoms with E-state index >= 15 is 0 Å². The van der Waals surface area contributed by atoms with Crippen molar-refractivity contribution in [2.75, 3.05) is 11.9 Å². The smallest absolute Gasteiger partial charge is 0.0453 e. The molecular formula is C14H12BrN. The molecule has 0 atom stereocenters. The summed E-state index contributed by atoms with van der Waals surface area (Å²) in [6.45, 7) is 1.06. The van der Waals surface area contributed by atoms with Gasteiger partial charge in [0.05, 0.1) is 0 Å². The average molecular weight is 274 g/mol. The summed E-state index contributed by atoms with van der Waals surface area (Å²) in [6.07, 6.45) is 1.14. The summed E-state index contributed by atoms with van der Waals surface area (Å²) in [5, 5.41) is 3.47. The van der Waals surface area contributed by atoms with Crippen molar-refractivity contribution < 1.29 is 0 Å². The molecule has 1 nitrogen and oxygen atoms in total. The van der Waals surface area contributed by atoms with Gasteiger partial charge in [-0.15, -0.1) is 0 Å². The van der Waals surface area contributed by atoms with Crippen LogP contribution in [0.2, 0.25) is 0 Å².